The maximum atomic E-state index is 10.6. The lowest BCUT2D eigenvalue weighted by Gasteiger charge is -2.03. The quantitative estimate of drug-likeness (QED) is 0.369. The van der Waals surface area contributed by atoms with E-state index in [4.69, 9.17) is 10.2 Å². The number of carboxylic acids is 2. The lowest BCUT2D eigenvalue weighted by Crippen LogP contribution is -2.30. The van der Waals surface area contributed by atoms with Gasteiger partial charge in [0, 0.05) is 0 Å². The highest BCUT2D eigenvalue weighted by Crippen LogP contribution is 2.13. The first kappa shape index (κ1) is 17.4. The van der Waals surface area contributed by atoms with Gasteiger partial charge < -0.3 is 14.9 Å². The summed E-state index contributed by atoms with van der Waals surface area (Å²) in [6, 6.07) is 4.17. The van der Waals surface area contributed by atoms with Gasteiger partial charge in [0.2, 0.25) is 0 Å². The van der Waals surface area contributed by atoms with E-state index in [0.29, 0.717) is 6.61 Å². The molecule has 0 radical (unpaired) electrons. The molecule has 1 rings (SSSR count). The Morgan fingerprint density at radius 2 is 1.65 bits per heavy atom. The van der Waals surface area contributed by atoms with E-state index in [1.165, 1.54) is 25.1 Å². The van der Waals surface area contributed by atoms with E-state index in [9.17, 15) is 14.4 Å². The summed E-state index contributed by atoms with van der Waals surface area (Å²) < 4.78 is 4.32. The van der Waals surface area contributed by atoms with Gasteiger partial charge in [-0.3, -0.25) is 5.43 Å². The minimum Gasteiger partial charge on any atom is -0.478 e. The minimum absolute atomic E-state index is 0.0277. The monoisotopic (exact) mass is 284 g/mol. The summed E-state index contributed by atoms with van der Waals surface area (Å²) in [6.45, 7) is 3.53. The van der Waals surface area contributed by atoms with Crippen LogP contribution >= 0.6 is 0 Å². The van der Waals surface area contributed by atoms with Gasteiger partial charge in [-0.05, 0) is 31.5 Å². The highest BCUT2D eigenvalue weighted by atomic mass is 16.5. The number of nitrogens with two attached hydrogens (primary N) is 1. The minimum atomic E-state index is -1.11. The van der Waals surface area contributed by atoms with Gasteiger partial charge in [0.1, 0.15) is 0 Å². The molecule has 0 fully saturated rings. The Kier molecular flexibility index (Phi) is 7.38. The predicted molar refractivity (Wildman–Crippen MR) is 69.4 cm³/mol. The van der Waals surface area contributed by atoms with Gasteiger partial charge in [0.15, 0.2) is 0 Å². The van der Waals surface area contributed by atoms with Gasteiger partial charge in [-0.2, -0.15) is 0 Å². The van der Waals surface area contributed by atoms with Gasteiger partial charge in [0.25, 0.3) is 0 Å². The summed E-state index contributed by atoms with van der Waals surface area (Å²) in [5, 5.41) is 17.4. The lowest BCUT2D eigenvalue weighted by atomic mass is 10.0. The van der Waals surface area contributed by atoms with Gasteiger partial charge in [-0.1, -0.05) is 6.07 Å². The van der Waals surface area contributed by atoms with Crippen molar-refractivity contribution in [2.75, 3.05) is 6.61 Å². The van der Waals surface area contributed by atoms with Crippen LogP contribution < -0.4 is 11.3 Å². The number of hydrazine groups is 1. The van der Waals surface area contributed by atoms with Crippen LogP contribution in [0.15, 0.2) is 18.2 Å². The largest absolute Gasteiger partial charge is 0.478 e. The Bertz CT molecular complexity index is 468. The molecular weight excluding hydrogens is 268 g/mol. The Morgan fingerprint density at radius 1 is 1.20 bits per heavy atom. The fraction of sp³-hybridized carbons (Fsp3) is 0.250. The van der Waals surface area contributed by atoms with Crippen LogP contribution in [0.2, 0.25) is 0 Å². The number of carbonyl (C=O) groups is 3. The number of rotatable bonds is 3. The van der Waals surface area contributed by atoms with Crippen molar-refractivity contribution in [1.82, 2.24) is 5.43 Å². The van der Waals surface area contributed by atoms with Crippen molar-refractivity contribution in [3.05, 3.63) is 34.9 Å². The second-order valence-corrected chi connectivity index (χ2v) is 3.45. The van der Waals surface area contributed by atoms with Crippen molar-refractivity contribution < 1.29 is 29.3 Å². The molecule has 0 spiro atoms. The summed E-state index contributed by atoms with van der Waals surface area (Å²) in [6.07, 6.45) is -0.595. The number of ether oxygens (including phenoxy) is 1. The summed E-state index contributed by atoms with van der Waals surface area (Å²) in [4.78, 5) is 31.2. The molecule has 20 heavy (non-hydrogen) atoms. The maximum absolute atomic E-state index is 10.6. The molecule has 0 heterocycles. The zero-order valence-electron chi connectivity index (χ0n) is 11.0. The Hall–Kier alpha value is -2.61. The van der Waals surface area contributed by atoms with E-state index in [1.807, 2.05) is 0 Å². The molecule has 110 valence electrons. The summed E-state index contributed by atoms with van der Waals surface area (Å²) >= 11 is 0. The second-order valence-electron chi connectivity index (χ2n) is 3.45. The maximum Gasteiger partial charge on any atom is 0.421 e. The van der Waals surface area contributed by atoms with Crippen molar-refractivity contribution in [1.29, 1.82) is 0 Å². The number of amides is 1. The molecule has 0 atom stereocenters. The van der Waals surface area contributed by atoms with Gasteiger partial charge in [0.05, 0.1) is 17.7 Å². The number of carbonyl (C=O) groups excluding carboxylic acids is 1. The fourth-order valence-corrected chi connectivity index (χ4v) is 1.27. The third-order valence-electron chi connectivity index (χ3n) is 2.19. The highest BCUT2D eigenvalue weighted by molar-refractivity contribution is 5.96. The normalized spacial score (nSPS) is 8.95. The lowest BCUT2D eigenvalue weighted by molar-refractivity contribution is 0.0696. The third-order valence-corrected chi connectivity index (χ3v) is 2.19. The molecule has 0 saturated carbocycles. The molecule has 0 bridgehead atoms. The molecule has 0 aliphatic carbocycles. The topological polar surface area (TPSA) is 139 Å². The van der Waals surface area contributed by atoms with Crippen LogP contribution in [0, 0.1) is 6.92 Å². The zero-order valence-corrected chi connectivity index (χ0v) is 11.0. The molecule has 5 N–H and O–H groups in total. The van der Waals surface area contributed by atoms with Crippen molar-refractivity contribution in [2.45, 2.75) is 13.8 Å². The third kappa shape index (κ3) is 5.36. The average molecular weight is 284 g/mol. The number of carboxylic acid groups (broad SMARTS) is 2. The van der Waals surface area contributed by atoms with Gasteiger partial charge >= 0.3 is 18.0 Å². The molecule has 1 aromatic carbocycles. The van der Waals surface area contributed by atoms with Crippen LogP contribution in [0.4, 0.5) is 4.79 Å². The Labute approximate surface area is 115 Å². The van der Waals surface area contributed by atoms with Crippen LogP contribution in [0.5, 0.6) is 0 Å². The molecular formula is C12H16N2O6. The highest BCUT2D eigenvalue weighted by Gasteiger charge is 2.13. The van der Waals surface area contributed by atoms with E-state index >= 15 is 0 Å². The summed E-state index contributed by atoms with van der Waals surface area (Å²) in [5.41, 5.74) is 2.14. The van der Waals surface area contributed by atoms with Gasteiger partial charge in [-0.15, -0.1) is 0 Å². The summed E-state index contributed by atoms with van der Waals surface area (Å²) in [7, 11) is 0. The first-order valence-corrected chi connectivity index (χ1v) is 5.54. The van der Waals surface area contributed by atoms with Gasteiger partial charge in [-0.25, -0.2) is 20.2 Å². The smallest absolute Gasteiger partial charge is 0.421 e. The molecule has 0 aromatic heterocycles. The number of hydrogen-bond donors (Lipinski definition) is 4. The van der Waals surface area contributed by atoms with Crippen molar-refractivity contribution in [2.24, 2.45) is 5.84 Å². The predicted octanol–water partition coefficient (Wildman–Crippen LogP) is 0.998. The van der Waals surface area contributed by atoms with E-state index < -0.39 is 18.0 Å². The standard InChI is InChI=1S/C9H8O4.C3H8N2O2/c1-5-6(8(10)11)3-2-4-7(5)9(12)13;1-2-7-3(6)5-4/h2-4H,1H3,(H,10,11)(H,12,13);2,4H2,1H3,(H,5,6). The molecule has 1 aromatic rings. The fourth-order valence-electron chi connectivity index (χ4n) is 1.27. The van der Waals surface area contributed by atoms with Crippen LogP contribution in [0.3, 0.4) is 0 Å². The summed E-state index contributed by atoms with van der Waals surface area (Å²) in [5.74, 6) is 2.41. The van der Waals surface area contributed by atoms with E-state index in [1.54, 1.807) is 12.3 Å². The second kappa shape index (κ2) is 8.48. The molecule has 8 nitrogen and oxygen atoms in total. The first-order valence-electron chi connectivity index (χ1n) is 5.54. The van der Waals surface area contributed by atoms with Crippen LogP contribution in [0.25, 0.3) is 0 Å². The van der Waals surface area contributed by atoms with Crippen LogP contribution in [0.1, 0.15) is 33.2 Å². The molecule has 1 amide bonds. The molecule has 8 heteroatoms. The first-order chi connectivity index (χ1) is 9.34. The number of nitrogens with one attached hydrogen (secondary N) is 1. The number of hydrogen-bond acceptors (Lipinski definition) is 5. The van der Waals surface area contributed by atoms with Crippen molar-refractivity contribution in [3.8, 4) is 0 Å². The SMILES string of the molecule is CCOC(=O)NN.Cc1c(C(=O)O)cccc1C(=O)O. The van der Waals surface area contributed by atoms with E-state index in [-0.39, 0.29) is 16.7 Å². The van der Waals surface area contributed by atoms with Crippen LogP contribution in [-0.4, -0.2) is 34.9 Å². The van der Waals surface area contributed by atoms with Crippen molar-refractivity contribution >= 4 is 18.0 Å². The number of benzene rings is 1. The Morgan fingerprint density at radius 3 is 1.90 bits per heavy atom. The number of aromatic carboxylic acids is 2. The Balaban J connectivity index is 0.000000441. The van der Waals surface area contributed by atoms with Crippen molar-refractivity contribution in [3.63, 3.8) is 0 Å². The molecule has 0 unspecified atom stereocenters. The molecule has 0 saturated heterocycles. The van der Waals surface area contributed by atoms with E-state index in [0.717, 1.165) is 0 Å². The molecule has 0 aliphatic heterocycles. The zero-order chi connectivity index (χ0) is 15.7. The molecule has 0 aliphatic rings. The van der Waals surface area contributed by atoms with Crippen LogP contribution in [-0.2, 0) is 4.74 Å². The average Bonchev–Trinajstić information content (AvgIpc) is 2.39. The van der Waals surface area contributed by atoms with E-state index in [2.05, 4.69) is 10.6 Å².